The van der Waals surface area contributed by atoms with Crippen molar-refractivity contribution in [2.45, 2.75) is 51.1 Å². The zero-order chi connectivity index (χ0) is 21.8. The lowest BCUT2D eigenvalue weighted by Gasteiger charge is -2.35. The summed E-state index contributed by atoms with van der Waals surface area (Å²) in [5.41, 5.74) is 4.32. The number of aromatic nitrogens is 3. The highest BCUT2D eigenvalue weighted by molar-refractivity contribution is 5.77. The van der Waals surface area contributed by atoms with Crippen molar-refractivity contribution in [1.82, 2.24) is 24.8 Å². The Labute approximate surface area is 189 Å². The highest BCUT2D eigenvalue weighted by Gasteiger charge is 2.28. The Bertz CT molecular complexity index is 1020. The molecule has 6 nitrogen and oxygen atoms in total. The summed E-state index contributed by atoms with van der Waals surface area (Å²) >= 11 is 0. The number of rotatable bonds is 5. The summed E-state index contributed by atoms with van der Waals surface area (Å²) in [6.07, 6.45) is 8.49. The SMILES string of the molecule is O=C(N1CCCCC1Cc1ccccc1)n1cc(-c2ccc(CN3CCCC3)cc2)nn1. The predicted molar refractivity (Wildman–Crippen MR) is 125 cm³/mol. The van der Waals surface area contributed by atoms with Crippen molar-refractivity contribution in [3.63, 3.8) is 0 Å². The first-order chi connectivity index (χ1) is 15.8. The average molecular weight is 430 g/mol. The number of piperidine rings is 1. The van der Waals surface area contributed by atoms with Gasteiger partial charge < -0.3 is 4.90 Å². The Morgan fingerprint density at radius 2 is 1.62 bits per heavy atom. The van der Waals surface area contributed by atoms with Crippen LogP contribution in [0.4, 0.5) is 4.79 Å². The smallest absolute Gasteiger partial charge is 0.320 e. The summed E-state index contributed by atoms with van der Waals surface area (Å²) in [6, 6.07) is 19.1. The van der Waals surface area contributed by atoms with E-state index in [1.807, 2.05) is 11.0 Å². The number of likely N-dealkylation sites (tertiary alicyclic amines) is 2. The van der Waals surface area contributed by atoms with Crippen LogP contribution >= 0.6 is 0 Å². The molecule has 32 heavy (non-hydrogen) atoms. The Morgan fingerprint density at radius 3 is 2.41 bits per heavy atom. The van der Waals surface area contributed by atoms with E-state index >= 15 is 0 Å². The normalized spacial score (nSPS) is 19.4. The van der Waals surface area contributed by atoms with Crippen molar-refractivity contribution in [3.8, 4) is 11.3 Å². The van der Waals surface area contributed by atoms with Crippen LogP contribution < -0.4 is 0 Å². The fraction of sp³-hybridized carbons (Fsp3) is 0.423. The molecule has 0 radical (unpaired) electrons. The second-order valence-corrected chi connectivity index (χ2v) is 9.04. The fourth-order valence-electron chi connectivity index (χ4n) is 4.95. The van der Waals surface area contributed by atoms with E-state index in [0.717, 1.165) is 50.0 Å². The third-order valence-electron chi connectivity index (χ3n) is 6.73. The van der Waals surface area contributed by atoms with Gasteiger partial charge in [-0.1, -0.05) is 59.8 Å². The molecular weight excluding hydrogens is 398 g/mol. The maximum absolute atomic E-state index is 13.3. The maximum atomic E-state index is 13.3. The highest BCUT2D eigenvalue weighted by atomic mass is 16.2. The van der Waals surface area contributed by atoms with E-state index in [4.69, 9.17) is 0 Å². The van der Waals surface area contributed by atoms with Gasteiger partial charge in [-0.05, 0) is 62.7 Å². The van der Waals surface area contributed by atoms with Gasteiger partial charge in [-0.3, -0.25) is 4.90 Å². The van der Waals surface area contributed by atoms with Gasteiger partial charge >= 0.3 is 6.03 Å². The lowest BCUT2D eigenvalue weighted by atomic mass is 9.96. The molecule has 1 amide bonds. The topological polar surface area (TPSA) is 54.3 Å². The van der Waals surface area contributed by atoms with Crippen LogP contribution in [0, 0.1) is 0 Å². The largest absolute Gasteiger partial charge is 0.346 e. The van der Waals surface area contributed by atoms with Crippen LogP contribution in [0.3, 0.4) is 0 Å². The van der Waals surface area contributed by atoms with Crippen LogP contribution in [0.25, 0.3) is 11.3 Å². The van der Waals surface area contributed by atoms with E-state index in [0.29, 0.717) is 0 Å². The molecule has 2 fully saturated rings. The van der Waals surface area contributed by atoms with Gasteiger partial charge in [0.1, 0.15) is 5.69 Å². The third kappa shape index (κ3) is 4.75. The quantitative estimate of drug-likeness (QED) is 0.595. The number of hydrogen-bond donors (Lipinski definition) is 0. The number of carbonyl (C=O) groups is 1. The number of hydrogen-bond acceptors (Lipinski definition) is 4. The summed E-state index contributed by atoms with van der Waals surface area (Å²) in [5.74, 6) is 0. The molecule has 1 unspecified atom stereocenters. The van der Waals surface area contributed by atoms with E-state index in [-0.39, 0.29) is 12.1 Å². The minimum atomic E-state index is -0.0740. The number of benzene rings is 2. The van der Waals surface area contributed by atoms with Gasteiger partial charge in [0.15, 0.2) is 0 Å². The van der Waals surface area contributed by atoms with Gasteiger partial charge in [0.2, 0.25) is 0 Å². The molecule has 0 bridgehead atoms. The lowest BCUT2D eigenvalue weighted by molar-refractivity contribution is 0.149. The monoisotopic (exact) mass is 429 g/mol. The molecule has 2 aliphatic rings. The average Bonchev–Trinajstić information content (AvgIpc) is 3.53. The summed E-state index contributed by atoms with van der Waals surface area (Å²) < 4.78 is 1.41. The van der Waals surface area contributed by atoms with Gasteiger partial charge in [-0.2, -0.15) is 4.68 Å². The number of nitrogens with zero attached hydrogens (tertiary/aromatic N) is 5. The second kappa shape index (κ2) is 9.65. The van der Waals surface area contributed by atoms with Crippen LogP contribution in [0.1, 0.15) is 43.2 Å². The van der Waals surface area contributed by atoms with Crippen LogP contribution in [0.15, 0.2) is 60.8 Å². The first-order valence-electron chi connectivity index (χ1n) is 11.9. The van der Waals surface area contributed by atoms with Crippen molar-refractivity contribution < 1.29 is 4.79 Å². The first-order valence-corrected chi connectivity index (χ1v) is 11.9. The molecule has 2 aromatic carbocycles. The van der Waals surface area contributed by atoms with Crippen molar-refractivity contribution in [2.75, 3.05) is 19.6 Å². The van der Waals surface area contributed by atoms with Gasteiger partial charge in [0.05, 0.1) is 6.20 Å². The molecule has 2 saturated heterocycles. The Hall–Kier alpha value is -2.99. The van der Waals surface area contributed by atoms with Gasteiger partial charge in [0, 0.05) is 24.7 Å². The molecule has 6 heteroatoms. The summed E-state index contributed by atoms with van der Waals surface area (Å²) in [7, 11) is 0. The Kier molecular flexibility index (Phi) is 6.30. The molecule has 0 spiro atoms. The Morgan fingerprint density at radius 1 is 0.875 bits per heavy atom. The van der Waals surface area contributed by atoms with Crippen molar-refractivity contribution in [2.24, 2.45) is 0 Å². The van der Waals surface area contributed by atoms with Crippen LogP contribution in [-0.4, -0.2) is 56.5 Å². The molecule has 0 aliphatic carbocycles. The van der Waals surface area contributed by atoms with Crippen molar-refractivity contribution in [1.29, 1.82) is 0 Å². The van der Waals surface area contributed by atoms with E-state index in [2.05, 4.69) is 63.7 Å². The Balaban J connectivity index is 1.27. The molecule has 0 saturated carbocycles. The third-order valence-corrected chi connectivity index (χ3v) is 6.73. The van der Waals surface area contributed by atoms with Crippen molar-refractivity contribution >= 4 is 6.03 Å². The molecule has 2 aliphatic heterocycles. The minimum Gasteiger partial charge on any atom is -0.320 e. The molecule has 1 atom stereocenters. The zero-order valence-corrected chi connectivity index (χ0v) is 18.6. The number of amides is 1. The van der Waals surface area contributed by atoms with E-state index in [9.17, 15) is 4.79 Å². The summed E-state index contributed by atoms with van der Waals surface area (Å²) in [6.45, 7) is 4.17. The first kappa shape index (κ1) is 20.9. The molecule has 0 N–H and O–H groups in total. The molecular formula is C26H31N5O. The summed E-state index contributed by atoms with van der Waals surface area (Å²) in [4.78, 5) is 17.7. The predicted octanol–water partition coefficient (Wildman–Crippen LogP) is 4.61. The summed E-state index contributed by atoms with van der Waals surface area (Å²) in [5, 5.41) is 8.48. The fourth-order valence-corrected chi connectivity index (χ4v) is 4.95. The van der Waals surface area contributed by atoms with Crippen LogP contribution in [-0.2, 0) is 13.0 Å². The van der Waals surface area contributed by atoms with Crippen LogP contribution in [0.5, 0.6) is 0 Å². The lowest BCUT2D eigenvalue weighted by Crippen LogP contribution is -2.46. The van der Waals surface area contributed by atoms with Crippen molar-refractivity contribution in [3.05, 3.63) is 71.9 Å². The molecule has 1 aromatic heterocycles. The van der Waals surface area contributed by atoms with E-state index in [1.54, 1.807) is 6.20 Å². The maximum Gasteiger partial charge on any atom is 0.346 e. The van der Waals surface area contributed by atoms with Gasteiger partial charge in [-0.15, -0.1) is 5.10 Å². The second-order valence-electron chi connectivity index (χ2n) is 9.04. The van der Waals surface area contributed by atoms with E-state index < -0.39 is 0 Å². The van der Waals surface area contributed by atoms with Gasteiger partial charge in [0.25, 0.3) is 0 Å². The van der Waals surface area contributed by atoms with E-state index in [1.165, 1.54) is 41.7 Å². The molecule has 3 aromatic rings. The van der Waals surface area contributed by atoms with Gasteiger partial charge in [-0.25, -0.2) is 4.79 Å². The van der Waals surface area contributed by atoms with Crippen LogP contribution in [0.2, 0.25) is 0 Å². The zero-order valence-electron chi connectivity index (χ0n) is 18.6. The molecule has 5 rings (SSSR count). The standard InChI is InChI=1S/C26H31N5O/c32-26(30-17-5-4-10-24(30)18-21-8-2-1-3-9-21)31-20-25(27-28-31)23-13-11-22(12-14-23)19-29-15-6-7-16-29/h1-3,8-9,11-14,20,24H,4-7,10,15-19H2. The molecule has 3 heterocycles. The minimum absolute atomic E-state index is 0.0740. The highest BCUT2D eigenvalue weighted by Crippen LogP contribution is 2.23. The molecule has 166 valence electrons. The number of carbonyl (C=O) groups excluding carboxylic acids is 1.